The summed E-state index contributed by atoms with van der Waals surface area (Å²) in [5.41, 5.74) is 5.54. The van der Waals surface area contributed by atoms with Crippen LogP contribution in [0.4, 0.5) is 0 Å². The van der Waals surface area contributed by atoms with Crippen molar-refractivity contribution in [2.45, 2.75) is 33.6 Å². The Balaban J connectivity index is 2.27. The van der Waals surface area contributed by atoms with Gasteiger partial charge in [-0.25, -0.2) is 0 Å². The van der Waals surface area contributed by atoms with E-state index in [2.05, 4.69) is 81.5 Å². The lowest BCUT2D eigenvalue weighted by atomic mass is 9.87. The van der Waals surface area contributed by atoms with E-state index >= 15 is 0 Å². The molecule has 0 aliphatic carbocycles. The highest BCUT2D eigenvalue weighted by molar-refractivity contribution is 5.39. The summed E-state index contributed by atoms with van der Waals surface area (Å²) in [7, 11) is 0. The van der Waals surface area contributed by atoms with Crippen LogP contribution in [0.5, 0.6) is 0 Å². The lowest BCUT2D eigenvalue weighted by Gasteiger charge is -2.22. The van der Waals surface area contributed by atoms with E-state index in [0.717, 1.165) is 13.1 Å². The van der Waals surface area contributed by atoms with Gasteiger partial charge in [-0.3, -0.25) is 0 Å². The van der Waals surface area contributed by atoms with Crippen molar-refractivity contribution in [3.05, 3.63) is 70.8 Å². The molecule has 0 aromatic heterocycles. The molecule has 1 unspecified atom stereocenters. The van der Waals surface area contributed by atoms with Crippen LogP contribution in [0.3, 0.4) is 0 Å². The van der Waals surface area contributed by atoms with Gasteiger partial charge in [-0.05, 0) is 43.0 Å². The van der Waals surface area contributed by atoms with Gasteiger partial charge in [0.1, 0.15) is 0 Å². The van der Waals surface area contributed by atoms with Gasteiger partial charge >= 0.3 is 0 Å². The van der Waals surface area contributed by atoms with E-state index in [1.54, 1.807) is 0 Å². The van der Waals surface area contributed by atoms with Crippen molar-refractivity contribution < 1.29 is 0 Å². The molecule has 21 heavy (non-hydrogen) atoms. The summed E-state index contributed by atoms with van der Waals surface area (Å²) in [5.74, 6) is 1.10. The van der Waals surface area contributed by atoms with Crippen molar-refractivity contribution in [1.29, 1.82) is 0 Å². The molecule has 0 saturated heterocycles. The summed E-state index contributed by atoms with van der Waals surface area (Å²) in [6.45, 7) is 10.9. The molecular formula is C20H27N. The highest BCUT2D eigenvalue weighted by atomic mass is 14.9. The predicted molar refractivity (Wildman–Crippen MR) is 91.9 cm³/mol. The lowest BCUT2D eigenvalue weighted by Crippen LogP contribution is -2.26. The first-order valence-electron chi connectivity index (χ1n) is 7.90. The first kappa shape index (κ1) is 15.8. The third-order valence-electron chi connectivity index (χ3n) is 3.90. The van der Waals surface area contributed by atoms with E-state index in [1.165, 1.54) is 22.3 Å². The van der Waals surface area contributed by atoms with Crippen LogP contribution in [0, 0.1) is 19.8 Å². The van der Waals surface area contributed by atoms with E-state index < -0.39 is 0 Å². The fraction of sp³-hybridized carbons (Fsp3) is 0.400. The number of rotatable bonds is 6. The van der Waals surface area contributed by atoms with Gasteiger partial charge in [0.05, 0.1) is 0 Å². The van der Waals surface area contributed by atoms with E-state index in [0.29, 0.717) is 11.8 Å². The molecule has 0 saturated carbocycles. The Morgan fingerprint density at radius 2 is 1.62 bits per heavy atom. The molecule has 0 bridgehead atoms. The van der Waals surface area contributed by atoms with Crippen molar-refractivity contribution in [2.75, 3.05) is 13.1 Å². The summed E-state index contributed by atoms with van der Waals surface area (Å²) in [6, 6.07) is 17.6. The van der Waals surface area contributed by atoms with Crippen LogP contribution in [0.1, 0.15) is 42.0 Å². The number of hydrogen-bond acceptors (Lipinski definition) is 1. The Bertz CT molecular complexity index is 557. The molecule has 1 atom stereocenters. The summed E-state index contributed by atoms with van der Waals surface area (Å²) < 4.78 is 0. The standard InChI is InChI=1S/C20H27N/c1-15(2)13-21-14-20(18-8-6-5-7-9-18)19-11-10-16(3)12-17(19)4/h5-12,15,20-21H,13-14H2,1-4H3. The van der Waals surface area contributed by atoms with Crippen LogP contribution >= 0.6 is 0 Å². The monoisotopic (exact) mass is 281 g/mol. The minimum atomic E-state index is 0.422. The highest BCUT2D eigenvalue weighted by Gasteiger charge is 2.16. The fourth-order valence-electron chi connectivity index (χ4n) is 2.83. The molecule has 1 heteroatoms. The molecule has 0 spiro atoms. The Labute approximate surface area is 129 Å². The number of aryl methyl sites for hydroxylation is 2. The minimum Gasteiger partial charge on any atom is -0.316 e. The lowest BCUT2D eigenvalue weighted by molar-refractivity contribution is 0.536. The Morgan fingerprint density at radius 1 is 0.905 bits per heavy atom. The summed E-state index contributed by atoms with van der Waals surface area (Å²) in [6.07, 6.45) is 0. The Kier molecular flexibility index (Phi) is 5.58. The smallest absolute Gasteiger partial charge is 0.0217 e. The maximum absolute atomic E-state index is 3.62. The van der Waals surface area contributed by atoms with E-state index in [4.69, 9.17) is 0 Å². The van der Waals surface area contributed by atoms with Crippen molar-refractivity contribution in [3.8, 4) is 0 Å². The number of hydrogen-bond donors (Lipinski definition) is 1. The molecule has 0 aliphatic heterocycles. The maximum atomic E-state index is 3.62. The van der Waals surface area contributed by atoms with E-state index in [1.807, 2.05) is 0 Å². The third-order valence-corrected chi connectivity index (χ3v) is 3.90. The molecule has 2 rings (SSSR count). The number of benzene rings is 2. The zero-order valence-corrected chi connectivity index (χ0v) is 13.7. The largest absolute Gasteiger partial charge is 0.316 e. The second-order valence-electron chi connectivity index (χ2n) is 6.38. The predicted octanol–water partition coefficient (Wildman–Crippen LogP) is 4.68. The molecule has 0 fully saturated rings. The average Bonchev–Trinajstić information content (AvgIpc) is 2.45. The van der Waals surface area contributed by atoms with Gasteiger partial charge in [0, 0.05) is 12.5 Å². The Hall–Kier alpha value is -1.60. The van der Waals surface area contributed by atoms with Gasteiger partial charge in [0.2, 0.25) is 0 Å². The number of nitrogens with one attached hydrogen (secondary N) is 1. The molecule has 0 amide bonds. The molecule has 0 aliphatic rings. The first-order valence-corrected chi connectivity index (χ1v) is 7.90. The zero-order chi connectivity index (χ0) is 15.2. The molecule has 112 valence electrons. The SMILES string of the molecule is Cc1ccc(C(CNCC(C)C)c2ccccc2)c(C)c1. The molecule has 1 N–H and O–H groups in total. The normalized spacial score (nSPS) is 12.6. The van der Waals surface area contributed by atoms with Gasteiger partial charge in [-0.2, -0.15) is 0 Å². The van der Waals surface area contributed by atoms with Gasteiger partial charge in [0.25, 0.3) is 0 Å². The van der Waals surface area contributed by atoms with Crippen LogP contribution in [-0.4, -0.2) is 13.1 Å². The van der Waals surface area contributed by atoms with E-state index in [-0.39, 0.29) is 0 Å². The fourth-order valence-corrected chi connectivity index (χ4v) is 2.83. The van der Waals surface area contributed by atoms with Crippen LogP contribution in [0.2, 0.25) is 0 Å². The average molecular weight is 281 g/mol. The Morgan fingerprint density at radius 3 is 2.24 bits per heavy atom. The second kappa shape index (κ2) is 7.42. The van der Waals surface area contributed by atoms with Crippen molar-refractivity contribution >= 4 is 0 Å². The molecule has 0 heterocycles. The molecular weight excluding hydrogens is 254 g/mol. The summed E-state index contributed by atoms with van der Waals surface area (Å²) >= 11 is 0. The van der Waals surface area contributed by atoms with Crippen molar-refractivity contribution in [2.24, 2.45) is 5.92 Å². The van der Waals surface area contributed by atoms with Crippen LogP contribution in [0.15, 0.2) is 48.5 Å². The molecule has 2 aromatic rings. The van der Waals surface area contributed by atoms with Gasteiger partial charge in [-0.15, -0.1) is 0 Å². The van der Waals surface area contributed by atoms with Gasteiger partial charge in [0.15, 0.2) is 0 Å². The van der Waals surface area contributed by atoms with Gasteiger partial charge in [-0.1, -0.05) is 67.9 Å². The minimum absolute atomic E-state index is 0.422. The second-order valence-corrected chi connectivity index (χ2v) is 6.38. The molecule has 0 radical (unpaired) electrons. The summed E-state index contributed by atoms with van der Waals surface area (Å²) in [5, 5.41) is 3.62. The van der Waals surface area contributed by atoms with Crippen molar-refractivity contribution in [3.63, 3.8) is 0 Å². The van der Waals surface area contributed by atoms with E-state index in [9.17, 15) is 0 Å². The van der Waals surface area contributed by atoms with Gasteiger partial charge < -0.3 is 5.32 Å². The first-order chi connectivity index (χ1) is 10.1. The molecule has 1 nitrogen and oxygen atoms in total. The highest BCUT2D eigenvalue weighted by Crippen LogP contribution is 2.27. The molecule has 2 aromatic carbocycles. The topological polar surface area (TPSA) is 12.0 Å². The quantitative estimate of drug-likeness (QED) is 0.810. The van der Waals surface area contributed by atoms with Crippen LogP contribution < -0.4 is 5.32 Å². The van der Waals surface area contributed by atoms with Crippen molar-refractivity contribution in [1.82, 2.24) is 5.32 Å². The third kappa shape index (κ3) is 4.44. The van der Waals surface area contributed by atoms with Crippen LogP contribution in [0.25, 0.3) is 0 Å². The zero-order valence-electron chi connectivity index (χ0n) is 13.7. The summed E-state index contributed by atoms with van der Waals surface area (Å²) in [4.78, 5) is 0. The maximum Gasteiger partial charge on any atom is 0.0217 e. The van der Waals surface area contributed by atoms with Crippen LogP contribution in [-0.2, 0) is 0 Å².